The number of rotatable bonds is 8. The van der Waals surface area contributed by atoms with Gasteiger partial charge >= 0.3 is 5.97 Å². The van der Waals surface area contributed by atoms with Crippen LogP contribution in [0.3, 0.4) is 0 Å². The van der Waals surface area contributed by atoms with E-state index in [1.165, 1.54) is 20.1 Å². The van der Waals surface area contributed by atoms with E-state index in [1.807, 2.05) is 13.8 Å². The highest BCUT2D eigenvalue weighted by molar-refractivity contribution is 5.90. The number of benzene rings is 1. The second-order valence-corrected chi connectivity index (χ2v) is 6.26. The normalized spacial score (nSPS) is 13.0. The summed E-state index contributed by atoms with van der Waals surface area (Å²) in [5.74, 6) is -1.86. The number of amides is 2. The first-order chi connectivity index (χ1) is 11.7. The number of halogens is 1. The van der Waals surface area contributed by atoms with Gasteiger partial charge in [-0.2, -0.15) is 0 Å². The van der Waals surface area contributed by atoms with Gasteiger partial charge in [0.15, 0.2) is 0 Å². The maximum atomic E-state index is 13.8. The summed E-state index contributed by atoms with van der Waals surface area (Å²) in [6, 6.07) is 4.21. The highest BCUT2D eigenvalue weighted by Gasteiger charge is 2.28. The van der Waals surface area contributed by atoms with Gasteiger partial charge in [-0.1, -0.05) is 32.0 Å². The molecule has 0 aliphatic heterocycles. The summed E-state index contributed by atoms with van der Waals surface area (Å²) in [7, 11) is 1.24. The SMILES string of the molecule is COC(=O)[C@@H](CC(C)C)NC(=O)[C@@H](Cc1ccccc1F)NC(C)=O. The highest BCUT2D eigenvalue weighted by Crippen LogP contribution is 2.11. The van der Waals surface area contributed by atoms with Crippen molar-refractivity contribution >= 4 is 17.8 Å². The minimum atomic E-state index is -0.992. The van der Waals surface area contributed by atoms with Crippen LogP contribution in [0.4, 0.5) is 4.39 Å². The van der Waals surface area contributed by atoms with Crippen molar-refractivity contribution in [3.8, 4) is 0 Å². The van der Waals surface area contributed by atoms with E-state index in [0.29, 0.717) is 12.0 Å². The topological polar surface area (TPSA) is 84.5 Å². The smallest absolute Gasteiger partial charge is 0.328 e. The molecule has 2 amide bonds. The summed E-state index contributed by atoms with van der Waals surface area (Å²) < 4.78 is 18.6. The minimum Gasteiger partial charge on any atom is -0.467 e. The number of ether oxygens (including phenoxy) is 1. The molecule has 2 N–H and O–H groups in total. The number of carbonyl (C=O) groups is 3. The summed E-state index contributed by atoms with van der Waals surface area (Å²) in [6.45, 7) is 5.09. The van der Waals surface area contributed by atoms with E-state index < -0.39 is 35.7 Å². The largest absolute Gasteiger partial charge is 0.467 e. The zero-order valence-electron chi connectivity index (χ0n) is 15.0. The van der Waals surface area contributed by atoms with Crippen molar-refractivity contribution in [2.75, 3.05) is 7.11 Å². The van der Waals surface area contributed by atoms with Crippen LogP contribution >= 0.6 is 0 Å². The van der Waals surface area contributed by atoms with E-state index >= 15 is 0 Å². The average Bonchev–Trinajstić information content (AvgIpc) is 2.53. The van der Waals surface area contributed by atoms with Crippen molar-refractivity contribution < 1.29 is 23.5 Å². The van der Waals surface area contributed by atoms with Gasteiger partial charge in [0.1, 0.15) is 17.9 Å². The molecule has 7 heteroatoms. The number of esters is 1. The Morgan fingerprint density at radius 2 is 1.76 bits per heavy atom. The van der Waals surface area contributed by atoms with Crippen LogP contribution in [-0.2, 0) is 25.5 Å². The van der Waals surface area contributed by atoms with Crippen LogP contribution in [-0.4, -0.2) is 37.0 Å². The fourth-order valence-corrected chi connectivity index (χ4v) is 2.44. The van der Waals surface area contributed by atoms with Crippen LogP contribution < -0.4 is 10.6 Å². The number of hydrogen-bond acceptors (Lipinski definition) is 4. The molecule has 0 aromatic heterocycles. The number of carbonyl (C=O) groups excluding carboxylic acids is 3. The lowest BCUT2D eigenvalue weighted by atomic mass is 10.0. The summed E-state index contributed by atoms with van der Waals surface area (Å²) in [5, 5.41) is 5.09. The second kappa shape index (κ2) is 9.76. The molecule has 0 heterocycles. The Bertz CT molecular complexity index is 619. The molecular formula is C18H25FN2O4. The third-order valence-electron chi connectivity index (χ3n) is 3.59. The van der Waals surface area contributed by atoms with Gasteiger partial charge in [-0.15, -0.1) is 0 Å². The van der Waals surface area contributed by atoms with Crippen LogP contribution in [0, 0.1) is 11.7 Å². The van der Waals surface area contributed by atoms with Gasteiger partial charge in [0.05, 0.1) is 7.11 Å². The monoisotopic (exact) mass is 352 g/mol. The number of nitrogens with one attached hydrogen (secondary N) is 2. The van der Waals surface area contributed by atoms with Gasteiger partial charge in [0, 0.05) is 13.3 Å². The molecule has 2 atom stereocenters. The van der Waals surface area contributed by atoms with E-state index in [2.05, 4.69) is 10.6 Å². The first kappa shape index (κ1) is 20.6. The second-order valence-electron chi connectivity index (χ2n) is 6.26. The van der Waals surface area contributed by atoms with Crippen molar-refractivity contribution in [1.82, 2.24) is 10.6 Å². The average molecular weight is 352 g/mol. The molecular weight excluding hydrogens is 327 g/mol. The number of hydrogen-bond donors (Lipinski definition) is 2. The first-order valence-corrected chi connectivity index (χ1v) is 8.13. The Kier molecular flexibility index (Phi) is 8.04. The summed E-state index contributed by atoms with van der Waals surface area (Å²) in [6.07, 6.45) is 0.374. The van der Waals surface area contributed by atoms with Gasteiger partial charge in [0.2, 0.25) is 11.8 Å². The summed E-state index contributed by atoms with van der Waals surface area (Å²) in [5.41, 5.74) is 0.301. The predicted molar refractivity (Wildman–Crippen MR) is 91.1 cm³/mol. The van der Waals surface area contributed by atoms with Gasteiger partial charge in [0.25, 0.3) is 0 Å². The van der Waals surface area contributed by atoms with Crippen molar-refractivity contribution in [2.24, 2.45) is 5.92 Å². The Balaban J connectivity index is 2.93. The van der Waals surface area contributed by atoms with E-state index in [4.69, 9.17) is 4.74 Å². The molecule has 0 saturated carbocycles. The lowest BCUT2D eigenvalue weighted by Crippen LogP contribution is -2.52. The van der Waals surface area contributed by atoms with E-state index in [0.717, 1.165) is 0 Å². The maximum absolute atomic E-state index is 13.8. The Morgan fingerprint density at radius 1 is 1.12 bits per heavy atom. The van der Waals surface area contributed by atoms with E-state index in [9.17, 15) is 18.8 Å². The molecule has 0 radical (unpaired) electrons. The van der Waals surface area contributed by atoms with Crippen molar-refractivity contribution in [3.05, 3.63) is 35.6 Å². The molecule has 25 heavy (non-hydrogen) atoms. The lowest BCUT2D eigenvalue weighted by molar-refractivity contribution is -0.145. The zero-order chi connectivity index (χ0) is 19.0. The van der Waals surface area contributed by atoms with Crippen LogP contribution in [0.1, 0.15) is 32.8 Å². The molecule has 0 saturated heterocycles. The van der Waals surface area contributed by atoms with Crippen LogP contribution in [0.2, 0.25) is 0 Å². The van der Waals surface area contributed by atoms with Gasteiger partial charge in [-0.3, -0.25) is 9.59 Å². The highest BCUT2D eigenvalue weighted by atomic mass is 19.1. The van der Waals surface area contributed by atoms with Gasteiger partial charge in [-0.25, -0.2) is 9.18 Å². The van der Waals surface area contributed by atoms with Crippen molar-refractivity contribution in [3.63, 3.8) is 0 Å². The quantitative estimate of drug-likeness (QED) is 0.696. The third-order valence-corrected chi connectivity index (χ3v) is 3.59. The van der Waals surface area contributed by atoms with Gasteiger partial charge in [-0.05, 0) is 24.0 Å². The molecule has 6 nitrogen and oxygen atoms in total. The third kappa shape index (κ3) is 6.91. The molecule has 0 aliphatic carbocycles. The fourth-order valence-electron chi connectivity index (χ4n) is 2.44. The first-order valence-electron chi connectivity index (χ1n) is 8.13. The standard InChI is InChI=1S/C18H25FN2O4/c1-11(2)9-16(18(24)25-4)21-17(23)15(20-12(3)22)10-13-7-5-6-8-14(13)19/h5-8,11,15-16H,9-10H2,1-4H3,(H,20,22)(H,21,23)/t15-,16-/m1/s1. The summed E-state index contributed by atoms with van der Waals surface area (Å²) >= 11 is 0. The molecule has 0 aliphatic rings. The molecule has 0 fully saturated rings. The van der Waals surface area contributed by atoms with E-state index in [1.54, 1.807) is 18.2 Å². The molecule has 0 unspecified atom stereocenters. The van der Waals surface area contributed by atoms with Crippen LogP contribution in [0.5, 0.6) is 0 Å². The fraction of sp³-hybridized carbons (Fsp3) is 0.500. The summed E-state index contributed by atoms with van der Waals surface area (Å²) in [4.78, 5) is 35.8. The molecule has 0 bridgehead atoms. The molecule has 0 spiro atoms. The van der Waals surface area contributed by atoms with Crippen molar-refractivity contribution in [1.29, 1.82) is 0 Å². The molecule has 1 aromatic carbocycles. The Hall–Kier alpha value is -2.44. The maximum Gasteiger partial charge on any atom is 0.328 e. The molecule has 1 aromatic rings. The predicted octanol–water partition coefficient (Wildman–Crippen LogP) is 1.58. The Labute approximate surface area is 147 Å². The van der Waals surface area contributed by atoms with Crippen molar-refractivity contribution in [2.45, 2.75) is 45.7 Å². The number of methoxy groups -OCH3 is 1. The molecule has 1 rings (SSSR count). The molecule has 138 valence electrons. The Morgan fingerprint density at radius 3 is 2.28 bits per heavy atom. The van der Waals surface area contributed by atoms with Gasteiger partial charge < -0.3 is 15.4 Å². The van der Waals surface area contributed by atoms with E-state index in [-0.39, 0.29) is 12.3 Å². The van der Waals surface area contributed by atoms with Crippen LogP contribution in [0.15, 0.2) is 24.3 Å². The lowest BCUT2D eigenvalue weighted by Gasteiger charge is -2.23. The van der Waals surface area contributed by atoms with Crippen LogP contribution in [0.25, 0.3) is 0 Å². The zero-order valence-corrected chi connectivity index (χ0v) is 15.0. The minimum absolute atomic E-state index is 0.0202.